The van der Waals surface area contributed by atoms with E-state index in [0.717, 1.165) is 25.7 Å². The molecule has 3 heterocycles. The molecule has 2 atom stereocenters. The van der Waals surface area contributed by atoms with Gasteiger partial charge in [-0.2, -0.15) is 0 Å². The van der Waals surface area contributed by atoms with Crippen molar-refractivity contribution in [3.63, 3.8) is 0 Å². The smallest absolute Gasteiger partial charge is 0.410 e. The van der Waals surface area contributed by atoms with Gasteiger partial charge in [0.1, 0.15) is 0 Å². The number of carbonyl (C=O) groups excluding carboxylic acids is 1. The first-order valence-corrected chi connectivity index (χ1v) is 11.5. The van der Waals surface area contributed by atoms with Crippen LogP contribution in [0.4, 0.5) is 4.79 Å². The molecule has 2 unspecified atom stereocenters. The van der Waals surface area contributed by atoms with Crippen molar-refractivity contribution in [2.24, 2.45) is 0 Å². The van der Waals surface area contributed by atoms with E-state index in [1.807, 2.05) is 6.92 Å². The lowest BCUT2D eigenvalue weighted by atomic mass is 9.64. The maximum atomic E-state index is 12.4. The largest absolute Gasteiger partial charge is 0.450 e. The number of likely N-dealkylation sites (tertiary alicyclic amines) is 1. The fourth-order valence-electron chi connectivity index (χ4n) is 6.79. The van der Waals surface area contributed by atoms with Gasteiger partial charge in [-0.15, -0.1) is 0 Å². The van der Waals surface area contributed by atoms with Crippen LogP contribution < -0.4 is 0 Å². The van der Waals surface area contributed by atoms with E-state index in [-0.39, 0.29) is 6.09 Å². The van der Waals surface area contributed by atoms with E-state index in [2.05, 4.69) is 34.1 Å². The minimum absolute atomic E-state index is 0.0788. The molecule has 1 aromatic rings. The number of hydrogen-bond donors (Lipinski definition) is 0. The van der Waals surface area contributed by atoms with Crippen LogP contribution in [0, 0.1) is 0 Å². The van der Waals surface area contributed by atoms with Gasteiger partial charge < -0.3 is 14.5 Å². The van der Waals surface area contributed by atoms with Crippen LogP contribution in [-0.2, 0) is 16.6 Å². The Labute approximate surface area is 169 Å². The molecule has 3 fully saturated rings. The molecule has 1 aromatic carbocycles. The maximum Gasteiger partial charge on any atom is 0.410 e. The van der Waals surface area contributed by atoms with Crippen LogP contribution >= 0.6 is 0 Å². The number of ether oxygens (including phenoxy) is 1. The fourth-order valence-corrected chi connectivity index (χ4v) is 6.79. The third kappa shape index (κ3) is 3.04. The third-order valence-corrected chi connectivity index (χ3v) is 8.15. The van der Waals surface area contributed by atoms with E-state index in [1.54, 1.807) is 11.1 Å². The van der Waals surface area contributed by atoms with E-state index in [1.165, 1.54) is 45.2 Å². The Kier molecular flexibility index (Phi) is 4.86. The summed E-state index contributed by atoms with van der Waals surface area (Å²) < 4.78 is 5.32. The van der Waals surface area contributed by atoms with Gasteiger partial charge in [0.15, 0.2) is 0 Å². The molecule has 0 saturated carbocycles. The molecule has 28 heavy (non-hydrogen) atoms. The van der Waals surface area contributed by atoms with Crippen LogP contribution in [0.1, 0.15) is 69.4 Å². The molecule has 5 rings (SSSR count). The second kappa shape index (κ2) is 7.37. The normalized spacial score (nSPS) is 31.6. The Morgan fingerprint density at radius 3 is 2.50 bits per heavy atom. The lowest BCUT2D eigenvalue weighted by molar-refractivity contribution is 0.0253. The highest BCUT2D eigenvalue weighted by Gasteiger charge is 2.47. The van der Waals surface area contributed by atoms with Crippen molar-refractivity contribution in [2.45, 2.75) is 88.3 Å². The molecule has 1 spiro atoms. The first kappa shape index (κ1) is 18.5. The van der Waals surface area contributed by atoms with Gasteiger partial charge in [0, 0.05) is 18.1 Å². The molecule has 0 radical (unpaired) electrons. The Morgan fingerprint density at radius 1 is 1.07 bits per heavy atom. The SMILES string of the molecule is CCOC(=O)N1C2CCC1CC(N1CCC3(CCCc4ccccc43)CC1)C2. The highest BCUT2D eigenvalue weighted by Crippen LogP contribution is 2.46. The van der Waals surface area contributed by atoms with Crippen molar-refractivity contribution in [3.05, 3.63) is 35.4 Å². The van der Waals surface area contributed by atoms with Gasteiger partial charge in [-0.25, -0.2) is 4.79 Å². The van der Waals surface area contributed by atoms with E-state index < -0.39 is 0 Å². The van der Waals surface area contributed by atoms with Crippen LogP contribution in [0.25, 0.3) is 0 Å². The van der Waals surface area contributed by atoms with Crippen molar-refractivity contribution in [1.29, 1.82) is 0 Å². The van der Waals surface area contributed by atoms with Gasteiger partial charge in [-0.3, -0.25) is 0 Å². The number of nitrogens with zero attached hydrogens (tertiary/aromatic N) is 2. The zero-order valence-electron chi connectivity index (χ0n) is 17.2. The molecule has 4 aliphatic rings. The van der Waals surface area contributed by atoms with Crippen molar-refractivity contribution < 1.29 is 9.53 Å². The fraction of sp³-hybridized carbons (Fsp3) is 0.708. The Hall–Kier alpha value is -1.55. The minimum atomic E-state index is -0.0788. The molecule has 1 amide bonds. The standard InChI is InChI=1S/C24H34N2O2/c1-2-28-23(27)26-19-9-10-20(26)17-21(16-19)25-14-12-24(13-15-25)11-5-7-18-6-3-4-8-22(18)24/h3-4,6,8,19-21H,2,5,7,9-17H2,1H3. The van der Waals surface area contributed by atoms with Gasteiger partial charge in [0.25, 0.3) is 0 Å². The Balaban J connectivity index is 1.25. The number of carbonyl (C=O) groups is 1. The van der Waals surface area contributed by atoms with Crippen LogP contribution in [0.15, 0.2) is 24.3 Å². The van der Waals surface area contributed by atoms with Gasteiger partial charge in [0.2, 0.25) is 0 Å². The number of fused-ring (bicyclic) bond motifs is 4. The summed E-state index contributed by atoms with van der Waals surface area (Å²) in [5.74, 6) is 0. The van der Waals surface area contributed by atoms with E-state index in [4.69, 9.17) is 4.74 Å². The average Bonchev–Trinajstić information content (AvgIpc) is 2.99. The second-order valence-electron chi connectivity index (χ2n) is 9.44. The van der Waals surface area contributed by atoms with Crippen LogP contribution in [0.5, 0.6) is 0 Å². The van der Waals surface area contributed by atoms with Gasteiger partial charge in [0.05, 0.1) is 6.61 Å². The predicted molar refractivity (Wildman–Crippen MR) is 111 cm³/mol. The number of amides is 1. The van der Waals surface area contributed by atoms with Gasteiger partial charge in [-0.05, 0) is 94.3 Å². The summed E-state index contributed by atoms with van der Waals surface area (Å²) >= 11 is 0. The highest BCUT2D eigenvalue weighted by molar-refractivity contribution is 5.69. The molecule has 152 valence electrons. The van der Waals surface area contributed by atoms with Crippen molar-refractivity contribution in [2.75, 3.05) is 19.7 Å². The molecule has 4 heteroatoms. The number of aryl methyl sites for hydroxylation is 1. The monoisotopic (exact) mass is 382 g/mol. The summed E-state index contributed by atoms with van der Waals surface area (Å²) in [4.78, 5) is 17.2. The summed E-state index contributed by atoms with van der Waals surface area (Å²) in [6.45, 7) is 4.82. The lowest BCUT2D eigenvalue weighted by Crippen LogP contribution is -2.55. The predicted octanol–water partition coefficient (Wildman–Crippen LogP) is 4.51. The van der Waals surface area contributed by atoms with Crippen molar-refractivity contribution >= 4 is 6.09 Å². The van der Waals surface area contributed by atoms with Crippen molar-refractivity contribution in [1.82, 2.24) is 9.80 Å². The van der Waals surface area contributed by atoms with Crippen LogP contribution in [-0.4, -0.2) is 53.7 Å². The number of rotatable bonds is 2. The van der Waals surface area contributed by atoms with E-state index in [0.29, 0.717) is 30.1 Å². The molecule has 3 saturated heterocycles. The molecular weight excluding hydrogens is 348 g/mol. The van der Waals surface area contributed by atoms with Crippen LogP contribution in [0.2, 0.25) is 0 Å². The van der Waals surface area contributed by atoms with Crippen LogP contribution in [0.3, 0.4) is 0 Å². The summed E-state index contributed by atoms with van der Waals surface area (Å²) in [5.41, 5.74) is 3.68. The first-order valence-electron chi connectivity index (χ1n) is 11.5. The highest BCUT2D eigenvalue weighted by atomic mass is 16.6. The first-order chi connectivity index (χ1) is 13.7. The number of hydrogen-bond acceptors (Lipinski definition) is 3. The zero-order valence-corrected chi connectivity index (χ0v) is 17.2. The quantitative estimate of drug-likeness (QED) is 0.754. The topological polar surface area (TPSA) is 32.8 Å². The van der Waals surface area contributed by atoms with E-state index >= 15 is 0 Å². The minimum Gasteiger partial charge on any atom is -0.450 e. The number of benzene rings is 1. The summed E-state index contributed by atoms with van der Waals surface area (Å²) in [6, 6.07) is 10.6. The molecule has 0 N–H and O–H groups in total. The second-order valence-corrected chi connectivity index (χ2v) is 9.44. The zero-order chi connectivity index (χ0) is 19.1. The third-order valence-electron chi connectivity index (χ3n) is 8.15. The molecule has 1 aliphatic carbocycles. The molecular formula is C24H34N2O2. The maximum absolute atomic E-state index is 12.4. The molecule has 3 aliphatic heterocycles. The van der Waals surface area contributed by atoms with Crippen molar-refractivity contribution in [3.8, 4) is 0 Å². The average molecular weight is 383 g/mol. The van der Waals surface area contributed by atoms with E-state index in [9.17, 15) is 4.79 Å². The molecule has 0 aromatic heterocycles. The molecule has 4 nitrogen and oxygen atoms in total. The van der Waals surface area contributed by atoms with Gasteiger partial charge in [-0.1, -0.05) is 24.3 Å². The molecule has 2 bridgehead atoms. The number of piperidine rings is 2. The Bertz CT molecular complexity index is 711. The van der Waals surface area contributed by atoms with Gasteiger partial charge >= 0.3 is 6.09 Å². The summed E-state index contributed by atoms with van der Waals surface area (Å²) in [7, 11) is 0. The lowest BCUT2D eigenvalue weighted by Gasteiger charge is -2.49. The summed E-state index contributed by atoms with van der Waals surface area (Å²) in [6.07, 6.45) is 11.1. The Morgan fingerprint density at radius 2 is 1.79 bits per heavy atom. The summed E-state index contributed by atoms with van der Waals surface area (Å²) in [5, 5.41) is 0.